The number of nitriles is 1. The highest BCUT2D eigenvalue weighted by Crippen LogP contribution is 2.21. The number of hydrogen-bond acceptors (Lipinski definition) is 4. The van der Waals surface area contributed by atoms with Gasteiger partial charge < -0.3 is 15.0 Å². The smallest absolute Gasteiger partial charge is 0.262 e. The van der Waals surface area contributed by atoms with Gasteiger partial charge in [-0.3, -0.25) is 4.79 Å². The van der Waals surface area contributed by atoms with Gasteiger partial charge in [-0.25, -0.2) is 4.98 Å². The highest BCUT2D eigenvalue weighted by Gasteiger charge is 2.15. The van der Waals surface area contributed by atoms with E-state index in [-0.39, 0.29) is 11.6 Å². The molecule has 0 aliphatic rings. The van der Waals surface area contributed by atoms with Crippen LogP contribution in [0.4, 0.5) is 0 Å². The number of carbonyl (C=O) groups is 1. The first kappa shape index (κ1) is 17.2. The molecular weight excluding hydrogens is 328 g/mol. The Labute approximate surface area is 151 Å². The molecule has 3 rings (SSSR count). The second kappa shape index (κ2) is 7.53. The van der Waals surface area contributed by atoms with Gasteiger partial charge >= 0.3 is 0 Å². The van der Waals surface area contributed by atoms with Crippen LogP contribution in [0.25, 0.3) is 17.1 Å². The maximum atomic E-state index is 12.5. The monoisotopic (exact) mass is 346 g/mol. The highest BCUT2D eigenvalue weighted by atomic mass is 16.5. The average Bonchev–Trinajstić information content (AvgIpc) is 3.09. The number of amides is 1. The second-order valence-electron chi connectivity index (χ2n) is 5.79. The Morgan fingerprint density at radius 3 is 3.00 bits per heavy atom. The molecule has 6 heteroatoms. The van der Waals surface area contributed by atoms with Crippen LogP contribution in [0.5, 0.6) is 5.75 Å². The maximum absolute atomic E-state index is 12.5. The van der Waals surface area contributed by atoms with Gasteiger partial charge in [0.1, 0.15) is 23.0 Å². The number of nitrogens with one attached hydrogen (secondary N) is 2. The van der Waals surface area contributed by atoms with Crippen molar-refractivity contribution in [1.82, 2.24) is 15.3 Å². The summed E-state index contributed by atoms with van der Waals surface area (Å²) in [4.78, 5) is 19.7. The zero-order chi connectivity index (χ0) is 18.5. The van der Waals surface area contributed by atoms with Gasteiger partial charge in [0.15, 0.2) is 0 Å². The number of aromatic amines is 1. The van der Waals surface area contributed by atoms with Gasteiger partial charge in [-0.05, 0) is 42.8 Å². The average molecular weight is 346 g/mol. The topological polar surface area (TPSA) is 90.8 Å². The number of fused-ring (bicyclic) bond motifs is 1. The fraction of sp³-hybridized carbons (Fsp3) is 0.150. The van der Waals surface area contributed by atoms with Crippen molar-refractivity contribution in [2.45, 2.75) is 13.0 Å². The fourth-order valence-corrected chi connectivity index (χ4v) is 2.67. The Balaban J connectivity index is 1.81. The molecule has 3 aromatic rings. The molecule has 0 spiro atoms. The first-order valence-electron chi connectivity index (χ1n) is 8.11. The Bertz CT molecular complexity index is 1010. The SMILES string of the molecule is COc1cccc([C@@H](C)NC(=O)/C(C#N)=C/c2c[nH]c3ncccc23)c1. The predicted octanol–water partition coefficient (Wildman–Crippen LogP) is 3.36. The summed E-state index contributed by atoms with van der Waals surface area (Å²) in [5.74, 6) is 0.284. The van der Waals surface area contributed by atoms with E-state index in [1.54, 1.807) is 25.6 Å². The van der Waals surface area contributed by atoms with Gasteiger partial charge in [0.2, 0.25) is 0 Å². The lowest BCUT2D eigenvalue weighted by Crippen LogP contribution is -2.27. The van der Waals surface area contributed by atoms with Gasteiger partial charge in [-0.15, -0.1) is 0 Å². The molecule has 0 radical (unpaired) electrons. The predicted molar refractivity (Wildman–Crippen MR) is 99.2 cm³/mol. The molecule has 2 heterocycles. The van der Waals surface area contributed by atoms with E-state index in [1.807, 2.05) is 49.4 Å². The van der Waals surface area contributed by atoms with E-state index in [1.165, 1.54) is 0 Å². The summed E-state index contributed by atoms with van der Waals surface area (Å²) in [6.45, 7) is 1.86. The van der Waals surface area contributed by atoms with Crippen LogP contribution in [0, 0.1) is 11.3 Å². The first-order valence-corrected chi connectivity index (χ1v) is 8.11. The summed E-state index contributed by atoms with van der Waals surface area (Å²) in [7, 11) is 1.59. The Morgan fingerprint density at radius 2 is 2.23 bits per heavy atom. The minimum atomic E-state index is -0.430. The fourth-order valence-electron chi connectivity index (χ4n) is 2.67. The number of nitrogens with zero attached hydrogens (tertiary/aromatic N) is 2. The third-order valence-corrected chi connectivity index (χ3v) is 4.09. The highest BCUT2D eigenvalue weighted by molar-refractivity contribution is 6.03. The molecule has 26 heavy (non-hydrogen) atoms. The van der Waals surface area contributed by atoms with E-state index in [0.717, 1.165) is 16.5 Å². The van der Waals surface area contributed by atoms with Gasteiger partial charge in [0.25, 0.3) is 5.91 Å². The van der Waals surface area contributed by atoms with Crippen LogP contribution in [-0.2, 0) is 4.79 Å². The molecule has 1 aromatic carbocycles. The summed E-state index contributed by atoms with van der Waals surface area (Å²) >= 11 is 0. The molecule has 0 unspecified atom stereocenters. The van der Waals surface area contributed by atoms with Gasteiger partial charge in [0.05, 0.1) is 13.2 Å². The standard InChI is InChI=1S/C20H18N4O2/c1-13(14-5-3-6-17(10-14)26-2)24-20(25)15(11-21)9-16-12-23-19-18(16)7-4-8-22-19/h3-10,12-13H,1-2H3,(H,22,23)(H,24,25)/b15-9+/t13-/m1/s1. The van der Waals surface area contributed by atoms with E-state index < -0.39 is 5.91 Å². The summed E-state index contributed by atoms with van der Waals surface area (Å²) < 4.78 is 5.20. The number of rotatable bonds is 5. The molecule has 2 N–H and O–H groups in total. The van der Waals surface area contributed by atoms with Crippen LogP contribution in [0.3, 0.4) is 0 Å². The number of carbonyl (C=O) groups excluding carboxylic acids is 1. The van der Waals surface area contributed by atoms with Crippen molar-refractivity contribution in [3.05, 3.63) is 65.5 Å². The first-order chi connectivity index (χ1) is 12.6. The molecule has 0 saturated heterocycles. The molecule has 0 bridgehead atoms. The lowest BCUT2D eigenvalue weighted by atomic mass is 10.1. The van der Waals surface area contributed by atoms with Gasteiger partial charge in [-0.2, -0.15) is 5.26 Å². The Morgan fingerprint density at radius 1 is 1.38 bits per heavy atom. The summed E-state index contributed by atoms with van der Waals surface area (Å²) in [6.07, 6.45) is 4.97. The third kappa shape index (κ3) is 3.57. The maximum Gasteiger partial charge on any atom is 0.262 e. The van der Waals surface area contributed by atoms with Crippen LogP contribution in [0.1, 0.15) is 24.1 Å². The van der Waals surface area contributed by atoms with Crippen LogP contribution >= 0.6 is 0 Å². The number of hydrogen-bond donors (Lipinski definition) is 2. The van der Waals surface area contributed by atoms with E-state index >= 15 is 0 Å². The molecule has 6 nitrogen and oxygen atoms in total. The second-order valence-corrected chi connectivity index (χ2v) is 5.79. The van der Waals surface area contributed by atoms with Crippen molar-refractivity contribution in [1.29, 1.82) is 5.26 Å². The number of H-pyrrole nitrogens is 1. The van der Waals surface area contributed by atoms with Crippen molar-refractivity contribution < 1.29 is 9.53 Å². The largest absolute Gasteiger partial charge is 0.497 e. The van der Waals surface area contributed by atoms with E-state index in [4.69, 9.17) is 4.74 Å². The van der Waals surface area contributed by atoms with Crippen LogP contribution in [-0.4, -0.2) is 23.0 Å². The van der Waals surface area contributed by atoms with Crippen molar-refractivity contribution in [2.75, 3.05) is 7.11 Å². The van der Waals surface area contributed by atoms with Crippen LogP contribution < -0.4 is 10.1 Å². The molecule has 1 atom stereocenters. The summed E-state index contributed by atoms with van der Waals surface area (Å²) in [6, 6.07) is 12.9. The number of benzene rings is 1. The minimum Gasteiger partial charge on any atom is -0.497 e. The van der Waals surface area contributed by atoms with Crippen LogP contribution in [0.2, 0.25) is 0 Å². The van der Waals surface area contributed by atoms with E-state index in [9.17, 15) is 10.1 Å². The summed E-state index contributed by atoms with van der Waals surface area (Å²) in [5.41, 5.74) is 2.38. The number of methoxy groups -OCH3 is 1. The minimum absolute atomic E-state index is 0.0319. The lowest BCUT2D eigenvalue weighted by Gasteiger charge is -2.14. The zero-order valence-corrected chi connectivity index (χ0v) is 14.5. The van der Waals surface area contributed by atoms with Gasteiger partial charge in [-0.1, -0.05) is 12.1 Å². The zero-order valence-electron chi connectivity index (χ0n) is 14.5. The van der Waals surface area contributed by atoms with Crippen molar-refractivity contribution in [3.63, 3.8) is 0 Å². The molecule has 0 fully saturated rings. The number of ether oxygens (including phenoxy) is 1. The molecule has 0 saturated carbocycles. The quantitative estimate of drug-likeness (QED) is 0.547. The molecule has 130 valence electrons. The molecule has 2 aromatic heterocycles. The van der Waals surface area contributed by atoms with Gasteiger partial charge in [0, 0.05) is 23.3 Å². The van der Waals surface area contributed by atoms with Crippen molar-refractivity contribution >= 4 is 23.0 Å². The van der Waals surface area contributed by atoms with E-state index in [2.05, 4.69) is 15.3 Å². The number of aromatic nitrogens is 2. The third-order valence-electron chi connectivity index (χ3n) is 4.09. The molecule has 0 aliphatic heterocycles. The Kier molecular flexibility index (Phi) is 4.99. The molecule has 0 aliphatic carbocycles. The van der Waals surface area contributed by atoms with Crippen molar-refractivity contribution in [3.8, 4) is 11.8 Å². The van der Waals surface area contributed by atoms with Crippen molar-refractivity contribution in [2.24, 2.45) is 0 Å². The van der Waals surface area contributed by atoms with E-state index in [0.29, 0.717) is 11.4 Å². The summed E-state index contributed by atoms with van der Waals surface area (Å²) in [5, 5.41) is 13.1. The Hall–Kier alpha value is -3.59. The van der Waals surface area contributed by atoms with Crippen LogP contribution in [0.15, 0.2) is 54.4 Å². The number of pyridine rings is 1. The molecular formula is C20H18N4O2. The lowest BCUT2D eigenvalue weighted by molar-refractivity contribution is -0.117. The normalized spacial score (nSPS) is 12.4. The molecule has 1 amide bonds.